The van der Waals surface area contributed by atoms with Crippen molar-refractivity contribution in [2.24, 2.45) is 5.92 Å². The number of methoxy groups -OCH3 is 1. The summed E-state index contributed by atoms with van der Waals surface area (Å²) >= 11 is 0. The number of carbonyl (C=O) groups is 1. The minimum absolute atomic E-state index is 0.247. The molecule has 1 rings (SSSR count). The third-order valence-electron chi connectivity index (χ3n) is 3.37. The van der Waals surface area contributed by atoms with E-state index in [1.807, 2.05) is 4.90 Å². The molecule has 0 bridgehead atoms. The number of ether oxygens (including phenoxy) is 1. The Labute approximate surface area is 91.2 Å². The molecule has 1 N–H and O–H groups in total. The van der Waals surface area contributed by atoms with E-state index in [4.69, 9.17) is 4.74 Å². The van der Waals surface area contributed by atoms with E-state index in [-0.39, 0.29) is 6.61 Å². The average molecular weight is 215 g/mol. The predicted octanol–water partition coefficient (Wildman–Crippen LogP) is 1.21. The molecule has 1 aliphatic rings. The molecule has 1 aliphatic heterocycles. The quantitative estimate of drug-likeness (QED) is 0.765. The molecule has 0 spiro atoms. The SMILES string of the molecule is COCC(C)(C(=O)O)N1CCC(C)CC1. The van der Waals surface area contributed by atoms with Crippen LogP contribution in [0, 0.1) is 5.92 Å². The lowest BCUT2D eigenvalue weighted by Crippen LogP contribution is -2.57. The van der Waals surface area contributed by atoms with E-state index in [9.17, 15) is 9.90 Å². The van der Waals surface area contributed by atoms with Gasteiger partial charge >= 0.3 is 5.97 Å². The normalized spacial score (nSPS) is 23.7. The van der Waals surface area contributed by atoms with Gasteiger partial charge in [-0.1, -0.05) is 6.92 Å². The molecule has 0 aliphatic carbocycles. The molecular weight excluding hydrogens is 194 g/mol. The number of piperidine rings is 1. The molecule has 88 valence electrons. The summed E-state index contributed by atoms with van der Waals surface area (Å²) in [6.45, 7) is 5.91. The molecule has 1 fully saturated rings. The van der Waals surface area contributed by atoms with Crippen LogP contribution in [0.5, 0.6) is 0 Å². The van der Waals surface area contributed by atoms with Crippen molar-refractivity contribution in [3.8, 4) is 0 Å². The average Bonchev–Trinajstić information content (AvgIpc) is 2.18. The largest absolute Gasteiger partial charge is 0.480 e. The van der Waals surface area contributed by atoms with Crippen molar-refractivity contribution in [3.05, 3.63) is 0 Å². The van der Waals surface area contributed by atoms with Gasteiger partial charge in [-0.15, -0.1) is 0 Å². The third kappa shape index (κ3) is 2.69. The highest BCUT2D eigenvalue weighted by Gasteiger charge is 2.40. The van der Waals surface area contributed by atoms with E-state index in [0.717, 1.165) is 25.9 Å². The molecule has 0 aromatic heterocycles. The van der Waals surface area contributed by atoms with E-state index in [1.165, 1.54) is 0 Å². The van der Waals surface area contributed by atoms with Crippen LogP contribution in [0.4, 0.5) is 0 Å². The zero-order valence-corrected chi connectivity index (χ0v) is 9.82. The molecule has 1 unspecified atom stereocenters. The first-order valence-electron chi connectivity index (χ1n) is 5.48. The maximum Gasteiger partial charge on any atom is 0.326 e. The van der Waals surface area contributed by atoms with Gasteiger partial charge in [0.2, 0.25) is 0 Å². The van der Waals surface area contributed by atoms with Gasteiger partial charge in [0.25, 0.3) is 0 Å². The number of likely N-dealkylation sites (tertiary alicyclic amines) is 1. The fraction of sp³-hybridized carbons (Fsp3) is 0.909. The van der Waals surface area contributed by atoms with Crippen molar-refractivity contribution in [2.45, 2.75) is 32.2 Å². The maximum atomic E-state index is 11.3. The lowest BCUT2D eigenvalue weighted by molar-refractivity contribution is -0.155. The summed E-state index contributed by atoms with van der Waals surface area (Å²) in [4.78, 5) is 13.3. The fourth-order valence-electron chi connectivity index (χ4n) is 2.07. The van der Waals surface area contributed by atoms with Crippen molar-refractivity contribution in [3.63, 3.8) is 0 Å². The Bertz CT molecular complexity index is 224. The Morgan fingerprint density at radius 2 is 2.07 bits per heavy atom. The molecule has 0 saturated carbocycles. The van der Waals surface area contributed by atoms with Crippen molar-refractivity contribution >= 4 is 5.97 Å². The Morgan fingerprint density at radius 3 is 2.47 bits per heavy atom. The van der Waals surface area contributed by atoms with Gasteiger partial charge in [0.1, 0.15) is 5.54 Å². The Hall–Kier alpha value is -0.610. The molecule has 0 aromatic carbocycles. The molecule has 0 amide bonds. The molecule has 15 heavy (non-hydrogen) atoms. The highest BCUT2D eigenvalue weighted by molar-refractivity contribution is 5.78. The van der Waals surface area contributed by atoms with Gasteiger partial charge in [-0.3, -0.25) is 9.69 Å². The van der Waals surface area contributed by atoms with Crippen LogP contribution < -0.4 is 0 Å². The standard InChI is InChI=1S/C11H21NO3/c1-9-4-6-12(7-5-9)11(2,8-15-3)10(13)14/h9H,4-8H2,1-3H3,(H,13,14). The summed E-state index contributed by atoms with van der Waals surface area (Å²) in [6, 6.07) is 0. The number of nitrogens with zero attached hydrogens (tertiary/aromatic N) is 1. The monoisotopic (exact) mass is 215 g/mol. The molecule has 1 atom stereocenters. The molecular formula is C11H21NO3. The molecule has 0 aromatic rings. The number of carboxylic acid groups (broad SMARTS) is 1. The molecule has 4 nitrogen and oxygen atoms in total. The predicted molar refractivity (Wildman–Crippen MR) is 57.9 cm³/mol. The van der Waals surface area contributed by atoms with Crippen LogP contribution in [-0.4, -0.2) is 48.3 Å². The van der Waals surface area contributed by atoms with Crippen LogP contribution in [0.1, 0.15) is 26.7 Å². The second-order valence-electron chi connectivity index (χ2n) is 4.68. The Balaban J connectivity index is 2.68. The van der Waals surface area contributed by atoms with Gasteiger partial charge in [0.05, 0.1) is 6.61 Å². The number of rotatable bonds is 4. The lowest BCUT2D eigenvalue weighted by atomic mass is 9.93. The first kappa shape index (κ1) is 12.5. The van der Waals surface area contributed by atoms with Gasteiger partial charge < -0.3 is 9.84 Å². The number of carboxylic acids is 1. The fourth-order valence-corrected chi connectivity index (χ4v) is 2.07. The van der Waals surface area contributed by atoms with E-state index in [1.54, 1.807) is 14.0 Å². The number of hydrogen-bond donors (Lipinski definition) is 1. The highest BCUT2D eigenvalue weighted by atomic mass is 16.5. The highest BCUT2D eigenvalue weighted by Crippen LogP contribution is 2.24. The van der Waals surface area contributed by atoms with Crippen molar-refractivity contribution in [2.75, 3.05) is 26.8 Å². The Morgan fingerprint density at radius 1 is 1.53 bits per heavy atom. The van der Waals surface area contributed by atoms with Crippen molar-refractivity contribution < 1.29 is 14.6 Å². The first-order valence-corrected chi connectivity index (χ1v) is 5.48. The summed E-state index contributed by atoms with van der Waals surface area (Å²) in [5, 5.41) is 9.26. The topological polar surface area (TPSA) is 49.8 Å². The maximum absolute atomic E-state index is 11.3. The van der Waals surface area contributed by atoms with Crippen LogP contribution in [-0.2, 0) is 9.53 Å². The molecule has 1 heterocycles. The van der Waals surface area contributed by atoms with Gasteiger partial charge in [0, 0.05) is 7.11 Å². The second-order valence-corrected chi connectivity index (χ2v) is 4.68. The van der Waals surface area contributed by atoms with Gasteiger partial charge in [-0.25, -0.2) is 0 Å². The number of aliphatic carboxylic acids is 1. The van der Waals surface area contributed by atoms with Crippen molar-refractivity contribution in [1.29, 1.82) is 0 Å². The van der Waals surface area contributed by atoms with Gasteiger partial charge in [-0.2, -0.15) is 0 Å². The summed E-state index contributed by atoms with van der Waals surface area (Å²) < 4.78 is 5.03. The lowest BCUT2D eigenvalue weighted by Gasteiger charge is -2.41. The van der Waals surface area contributed by atoms with Crippen LogP contribution in [0.25, 0.3) is 0 Å². The van der Waals surface area contributed by atoms with E-state index in [2.05, 4.69) is 6.92 Å². The zero-order valence-electron chi connectivity index (χ0n) is 9.82. The number of hydrogen-bond acceptors (Lipinski definition) is 3. The summed E-state index contributed by atoms with van der Waals surface area (Å²) in [5.74, 6) is -0.0826. The minimum Gasteiger partial charge on any atom is -0.480 e. The van der Waals surface area contributed by atoms with Crippen LogP contribution in [0.2, 0.25) is 0 Å². The van der Waals surface area contributed by atoms with Gasteiger partial charge in [0.15, 0.2) is 0 Å². The van der Waals surface area contributed by atoms with E-state index < -0.39 is 11.5 Å². The van der Waals surface area contributed by atoms with E-state index >= 15 is 0 Å². The van der Waals surface area contributed by atoms with Crippen LogP contribution in [0.15, 0.2) is 0 Å². The van der Waals surface area contributed by atoms with E-state index in [0.29, 0.717) is 5.92 Å². The Kier molecular flexibility index (Phi) is 4.11. The van der Waals surface area contributed by atoms with Crippen LogP contribution in [0.3, 0.4) is 0 Å². The first-order chi connectivity index (χ1) is 7.00. The summed E-state index contributed by atoms with van der Waals surface area (Å²) in [5.41, 5.74) is -0.866. The third-order valence-corrected chi connectivity index (χ3v) is 3.37. The summed E-state index contributed by atoms with van der Waals surface area (Å²) in [7, 11) is 1.55. The van der Waals surface area contributed by atoms with Crippen molar-refractivity contribution in [1.82, 2.24) is 4.90 Å². The molecule has 0 radical (unpaired) electrons. The zero-order chi connectivity index (χ0) is 11.5. The van der Waals surface area contributed by atoms with Gasteiger partial charge in [-0.05, 0) is 38.8 Å². The molecule has 4 heteroatoms. The smallest absolute Gasteiger partial charge is 0.326 e. The minimum atomic E-state index is -0.866. The molecule has 1 saturated heterocycles. The van der Waals surface area contributed by atoms with Crippen LogP contribution >= 0.6 is 0 Å². The summed E-state index contributed by atoms with van der Waals surface area (Å²) in [6.07, 6.45) is 2.15. The second kappa shape index (κ2) is 4.94.